The van der Waals surface area contributed by atoms with Gasteiger partial charge in [-0.25, -0.2) is 10.2 Å². The van der Waals surface area contributed by atoms with E-state index in [-0.39, 0.29) is 17.1 Å². The Morgan fingerprint density at radius 3 is 2.33 bits per heavy atom. The van der Waals surface area contributed by atoms with Gasteiger partial charge in [0.25, 0.3) is 11.8 Å². The van der Waals surface area contributed by atoms with Crippen LogP contribution in [-0.2, 0) is 4.79 Å². The average molecular weight is 505 g/mol. The number of rotatable bonds is 7. The summed E-state index contributed by atoms with van der Waals surface area (Å²) in [5.41, 5.74) is 3.50. The summed E-state index contributed by atoms with van der Waals surface area (Å²) in [6, 6.07) is 17.3. The van der Waals surface area contributed by atoms with Gasteiger partial charge in [0.05, 0.1) is 28.4 Å². The zero-order valence-corrected chi connectivity index (χ0v) is 19.1. The van der Waals surface area contributed by atoms with Crippen molar-refractivity contribution in [2.45, 2.75) is 0 Å². The summed E-state index contributed by atoms with van der Waals surface area (Å²) in [6.07, 6.45) is 1.37. The van der Waals surface area contributed by atoms with E-state index in [9.17, 15) is 14.4 Å². The van der Waals surface area contributed by atoms with Crippen molar-refractivity contribution < 1.29 is 19.1 Å². The first-order valence-electron chi connectivity index (χ1n) is 9.45. The van der Waals surface area contributed by atoms with Gasteiger partial charge in [0.15, 0.2) is 0 Å². The number of amides is 2. The van der Waals surface area contributed by atoms with E-state index in [0.29, 0.717) is 26.9 Å². The second kappa shape index (κ2) is 11.5. The highest BCUT2D eigenvalue weighted by Gasteiger charge is 2.10. The Kier molecular flexibility index (Phi) is 8.43. The monoisotopic (exact) mass is 503 g/mol. The smallest absolute Gasteiger partial charge is 0.343 e. The maximum atomic E-state index is 12.2. The molecule has 0 unspecified atom stereocenters. The zero-order chi connectivity index (χ0) is 23.8. The second-order valence-electron chi connectivity index (χ2n) is 6.57. The molecule has 0 heterocycles. The summed E-state index contributed by atoms with van der Waals surface area (Å²) >= 11 is 17.5. The van der Waals surface area contributed by atoms with Crippen LogP contribution >= 0.6 is 34.8 Å². The normalized spacial score (nSPS) is 10.6. The molecular formula is C23H16Cl3N3O4. The Hall–Kier alpha value is -3.39. The molecule has 168 valence electrons. The van der Waals surface area contributed by atoms with Gasteiger partial charge in [-0.2, -0.15) is 5.10 Å². The van der Waals surface area contributed by atoms with Crippen molar-refractivity contribution in [3.63, 3.8) is 0 Å². The quantitative estimate of drug-likeness (QED) is 0.210. The third-order valence-electron chi connectivity index (χ3n) is 4.14. The first kappa shape index (κ1) is 24.3. The number of halogens is 3. The van der Waals surface area contributed by atoms with Crippen LogP contribution in [0.3, 0.4) is 0 Å². The molecular weight excluding hydrogens is 489 g/mol. The highest BCUT2D eigenvalue weighted by atomic mass is 35.5. The van der Waals surface area contributed by atoms with Crippen molar-refractivity contribution >= 4 is 58.8 Å². The molecule has 2 N–H and O–H groups in total. The van der Waals surface area contributed by atoms with E-state index in [1.54, 1.807) is 48.5 Å². The summed E-state index contributed by atoms with van der Waals surface area (Å²) in [4.78, 5) is 36.2. The van der Waals surface area contributed by atoms with Crippen LogP contribution in [0.15, 0.2) is 71.8 Å². The molecule has 7 nitrogen and oxygen atoms in total. The molecule has 0 fully saturated rings. The van der Waals surface area contributed by atoms with Gasteiger partial charge in [-0.05, 0) is 60.2 Å². The Labute approximate surface area is 204 Å². The SMILES string of the molecule is O=C(CNC(=O)c1ccc(Cl)c(Cl)c1)NN=Cc1cccc(OC(=O)c2ccc(Cl)cc2)c1. The molecule has 0 radical (unpaired) electrons. The summed E-state index contributed by atoms with van der Waals surface area (Å²) in [6.45, 7) is -0.296. The van der Waals surface area contributed by atoms with Crippen molar-refractivity contribution in [2.24, 2.45) is 5.10 Å². The van der Waals surface area contributed by atoms with Gasteiger partial charge in [-0.1, -0.05) is 46.9 Å². The summed E-state index contributed by atoms with van der Waals surface area (Å²) in [5.74, 6) is -1.25. The predicted octanol–water partition coefficient (Wildman–Crippen LogP) is 4.75. The molecule has 3 aromatic rings. The topological polar surface area (TPSA) is 96.9 Å². The highest BCUT2D eigenvalue weighted by Crippen LogP contribution is 2.22. The molecule has 0 aliphatic heterocycles. The van der Waals surface area contributed by atoms with Crippen LogP contribution in [0.4, 0.5) is 0 Å². The third kappa shape index (κ3) is 7.32. The van der Waals surface area contributed by atoms with Gasteiger partial charge in [0.2, 0.25) is 0 Å². The van der Waals surface area contributed by atoms with Crippen LogP contribution < -0.4 is 15.5 Å². The number of carbonyl (C=O) groups is 3. The third-order valence-corrected chi connectivity index (χ3v) is 5.13. The zero-order valence-electron chi connectivity index (χ0n) is 16.8. The number of carbonyl (C=O) groups excluding carboxylic acids is 3. The van der Waals surface area contributed by atoms with Gasteiger partial charge in [-0.3, -0.25) is 9.59 Å². The van der Waals surface area contributed by atoms with Gasteiger partial charge in [0.1, 0.15) is 5.75 Å². The molecule has 0 aromatic heterocycles. The molecule has 0 aliphatic carbocycles. The maximum absolute atomic E-state index is 12.2. The summed E-state index contributed by atoms with van der Waals surface area (Å²) in [7, 11) is 0. The van der Waals surface area contributed by atoms with E-state index < -0.39 is 17.8 Å². The number of nitrogens with zero attached hydrogens (tertiary/aromatic N) is 1. The van der Waals surface area contributed by atoms with Crippen molar-refractivity contribution in [3.05, 3.63) is 98.5 Å². The van der Waals surface area contributed by atoms with E-state index in [4.69, 9.17) is 39.5 Å². The lowest BCUT2D eigenvalue weighted by molar-refractivity contribution is -0.120. The van der Waals surface area contributed by atoms with Gasteiger partial charge in [-0.15, -0.1) is 0 Å². The number of esters is 1. The minimum Gasteiger partial charge on any atom is -0.423 e. The molecule has 3 rings (SSSR count). The van der Waals surface area contributed by atoms with E-state index >= 15 is 0 Å². The lowest BCUT2D eigenvalue weighted by Gasteiger charge is -2.06. The van der Waals surface area contributed by atoms with Gasteiger partial charge < -0.3 is 10.1 Å². The fraction of sp³-hybridized carbons (Fsp3) is 0.0435. The van der Waals surface area contributed by atoms with Crippen LogP contribution in [0.5, 0.6) is 5.75 Å². The highest BCUT2D eigenvalue weighted by molar-refractivity contribution is 6.42. The van der Waals surface area contributed by atoms with E-state index in [1.165, 1.54) is 24.4 Å². The van der Waals surface area contributed by atoms with Crippen molar-refractivity contribution in [2.75, 3.05) is 6.54 Å². The second-order valence-corrected chi connectivity index (χ2v) is 7.82. The largest absolute Gasteiger partial charge is 0.423 e. The number of hydrogen-bond acceptors (Lipinski definition) is 5. The fourth-order valence-corrected chi connectivity index (χ4v) is 2.95. The number of benzene rings is 3. The predicted molar refractivity (Wildman–Crippen MR) is 127 cm³/mol. The minimum absolute atomic E-state index is 0.236. The Bertz CT molecular complexity index is 1210. The van der Waals surface area contributed by atoms with E-state index in [0.717, 1.165) is 0 Å². The number of nitrogens with one attached hydrogen (secondary N) is 2. The minimum atomic E-state index is -0.537. The van der Waals surface area contributed by atoms with Gasteiger partial charge >= 0.3 is 5.97 Å². The molecule has 0 bridgehead atoms. The molecule has 0 saturated heterocycles. The van der Waals surface area contributed by atoms with Crippen LogP contribution in [-0.4, -0.2) is 30.5 Å². The molecule has 0 saturated carbocycles. The Morgan fingerprint density at radius 2 is 1.61 bits per heavy atom. The summed E-state index contributed by atoms with van der Waals surface area (Å²) < 4.78 is 5.33. The van der Waals surface area contributed by atoms with Crippen LogP contribution in [0.25, 0.3) is 0 Å². The van der Waals surface area contributed by atoms with Crippen molar-refractivity contribution in [1.82, 2.24) is 10.7 Å². The maximum Gasteiger partial charge on any atom is 0.343 e. The van der Waals surface area contributed by atoms with Crippen LogP contribution in [0.1, 0.15) is 26.3 Å². The molecule has 0 spiro atoms. The molecule has 3 aromatic carbocycles. The van der Waals surface area contributed by atoms with E-state index in [1.807, 2.05) is 0 Å². The number of ether oxygens (including phenoxy) is 1. The molecule has 0 aliphatic rings. The fourth-order valence-electron chi connectivity index (χ4n) is 2.53. The Balaban J connectivity index is 1.50. The van der Waals surface area contributed by atoms with Crippen LogP contribution in [0, 0.1) is 0 Å². The van der Waals surface area contributed by atoms with Crippen LogP contribution in [0.2, 0.25) is 15.1 Å². The summed E-state index contributed by atoms with van der Waals surface area (Å²) in [5, 5.41) is 7.36. The Morgan fingerprint density at radius 1 is 0.879 bits per heavy atom. The standard InChI is InChI=1S/C23H16Cl3N3O4/c24-17-7-4-15(5-8-17)23(32)33-18-3-1-2-14(10-18)12-28-29-21(30)13-27-22(31)16-6-9-19(25)20(26)11-16/h1-12H,13H2,(H,27,31)(H,29,30). The molecule has 0 atom stereocenters. The van der Waals surface area contributed by atoms with Crippen molar-refractivity contribution in [1.29, 1.82) is 0 Å². The number of hydrogen-bond donors (Lipinski definition) is 2. The number of hydrazone groups is 1. The molecule has 10 heteroatoms. The lowest BCUT2D eigenvalue weighted by atomic mass is 10.2. The molecule has 2 amide bonds. The van der Waals surface area contributed by atoms with Crippen molar-refractivity contribution in [3.8, 4) is 5.75 Å². The van der Waals surface area contributed by atoms with E-state index in [2.05, 4.69) is 15.8 Å². The average Bonchev–Trinajstić information content (AvgIpc) is 2.80. The first-order valence-corrected chi connectivity index (χ1v) is 10.6. The molecule has 33 heavy (non-hydrogen) atoms. The first-order chi connectivity index (χ1) is 15.8. The lowest BCUT2D eigenvalue weighted by Crippen LogP contribution is -2.34. The van der Waals surface area contributed by atoms with Gasteiger partial charge in [0, 0.05) is 10.6 Å².